The molecule has 5 nitrogen and oxygen atoms in total. The lowest BCUT2D eigenvalue weighted by Crippen LogP contribution is -2.07. The van der Waals surface area contributed by atoms with E-state index in [0.29, 0.717) is 17.9 Å². The second-order valence-corrected chi connectivity index (χ2v) is 4.19. The van der Waals surface area contributed by atoms with E-state index in [1.54, 1.807) is 23.8 Å². The molecule has 3 aromatic rings. The van der Waals surface area contributed by atoms with Crippen molar-refractivity contribution < 1.29 is 9.53 Å². The first kappa shape index (κ1) is 12.3. The summed E-state index contributed by atoms with van der Waals surface area (Å²) in [6.07, 6.45) is 3.49. The lowest BCUT2D eigenvalue weighted by atomic mass is 10.1. The monoisotopic (exact) mass is 267 g/mol. The van der Waals surface area contributed by atoms with Gasteiger partial charge < -0.3 is 4.74 Å². The van der Waals surface area contributed by atoms with Gasteiger partial charge in [0.25, 0.3) is 0 Å². The van der Waals surface area contributed by atoms with Crippen molar-refractivity contribution in [1.29, 1.82) is 0 Å². The first-order valence-electron chi connectivity index (χ1n) is 6.37. The van der Waals surface area contributed by atoms with Crippen LogP contribution in [0.4, 0.5) is 0 Å². The molecule has 3 aromatic heterocycles. The van der Waals surface area contributed by atoms with Crippen LogP contribution in [-0.2, 0) is 4.74 Å². The Morgan fingerprint density at radius 2 is 2.10 bits per heavy atom. The van der Waals surface area contributed by atoms with E-state index in [1.807, 2.05) is 36.4 Å². The third-order valence-electron chi connectivity index (χ3n) is 2.93. The van der Waals surface area contributed by atoms with Gasteiger partial charge in [0.2, 0.25) is 0 Å². The summed E-state index contributed by atoms with van der Waals surface area (Å²) in [5.74, 6) is -0.433. The molecule has 0 atom stereocenters. The minimum absolute atomic E-state index is 0.289. The molecule has 0 fully saturated rings. The van der Waals surface area contributed by atoms with Gasteiger partial charge in [0, 0.05) is 12.4 Å². The summed E-state index contributed by atoms with van der Waals surface area (Å²) in [4.78, 5) is 16.4. The fraction of sp³-hybridized carbons (Fsp3) is 0.133. The van der Waals surface area contributed by atoms with Gasteiger partial charge in [0.1, 0.15) is 0 Å². The number of fused-ring (bicyclic) bond motifs is 1. The second kappa shape index (κ2) is 5.13. The molecule has 3 rings (SSSR count). The molecule has 0 unspecified atom stereocenters. The van der Waals surface area contributed by atoms with Gasteiger partial charge in [-0.2, -0.15) is 5.10 Å². The number of ether oxygens (including phenoxy) is 1. The Hall–Kier alpha value is -2.69. The Bertz CT molecular complexity index is 750. The molecular formula is C15H13N3O2. The fourth-order valence-corrected chi connectivity index (χ4v) is 2.10. The molecule has 0 amide bonds. The number of aromatic nitrogens is 3. The summed E-state index contributed by atoms with van der Waals surface area (Å²) in [5, 5.41) is 4.31. The number of nitrogens with zero attached hydrogens (tertiary/aromatic N) is 3. The van der Waals surface area contributed by atoms with Gasteiger partial charge in [-0.05, 0) is 31.2 Å². The summed E-state index contributed by atoms with van der Waals surface area (Å²) >= 11 is 0. The van der Waals surface area contributed by atoms with Gasteiger partial charge in [-0.25, -0.2) is 9.31 Å². The van der Waals surface area contributed by atoms with Crippen LogP contribution in [0.15, 0.2) is 48.8 Å². The van der Waals surface area contributed by atoms with Gasteiger partial charge in [-0.1, -0.05) is 12.1 Å². The van der Waals surface area contributed by atoms with E-state index in [0.717, 1.165) is 5.52 Å². The quantitative estimate of drug-likeness (QED) is 0.684. The average Bonchev–Trinajstić information content (AvgIpc) is 2.88. The lowest BCUT2D eigenvalue weighted by Gasteiger charge is -2.02. The van der Waals surface area contributed by atoms with Gasteiger partial charge in [0.15, 0.2) is 5.69 Å². The number of rotatable bonds is 3. The smallest absolute Gasteiger partial charge is 0.359 e. The summed E-state index contributed by atoms with van der Waals surface area (Å²) in [7, 11) is 0. The van der Waals surface area contributed by atoms with Crippen molar-refractivity contribution in [3.8, 4) is 11.3 Å². The van der Waals surface area contributed by atoms with E-state index in [2.05, 4.69) is 10.1 Å². The Kier molecular flexibility index (Phi) is 3.16. The van der Waals surface area contributed by atoms with E-state index in [9.17, 15) is 4.79 Å². The molecule has 0 saturated carbocycles. The van der Waals surface area contributed by atoms with E-state index < -0.39 is 5.97 Å². The third kappa shape index (κ3) is 2.03. The van der Waals surface area contributed by atoms with Crippen LogP contribution in [0.2, 0.25) is 0 Å². The van der Waals surface area contributed by atoms with Crippen molar-refractivity contribution in [1.82, 2.24) is 14.6 Å². The van der Waals surface area contributed by atoms with Crippen molar-refractivity contribution in [3.63, 3.8) is 0 Å². The summed E-state index contributed by atoms with van der Waals surface area (Å²) in [6, 6.07) is 11.2. The minimum Gasteiger partial charge on any atom is -0.461 e. The second-order valence-electron chi connectivity index (χ2n) is 4.19. The van der Waals surface area contributed by atoms with Crippen LogP contribution in [0.3, 0.4) is 0 Å². The van der Waals surface area contributed by atoms with Gasteiger partial charge >= 0.3 is 5.97 Å². The van der Waals surface area contributed by atoms with E-state index in [4.69, 9.17) is 4.74 Å². The van der Waals surface area contributed by atoms with Crippen molar-refractivity contribution in [2.45, 2.75) is 6.92 Å². The van der Waals surface area contributed by atoms with Gasteiger partial charge in [0.05, 0.1) is 23.4 Å². The number of hydrogen-bond acceptors (Lipinski definition) is 4. The predicted octanol–water partition coefficient (Wildman–Crippen LogP) is 2.57. The SMILES string of the molecule is CCOC(=O)c1nn2ccccc2c1-c1ccccn1. The molecule has 5 heteroatoms. The van der Waals surface area contributed by atoms with Crippen LogP contribution in [0.5, 0.6) is 0 Å². The molecule has 0 N–H and O–H groups in total. The van der Waals surface area contributed by atoms with Crippen molar-refractivity contribution >= 4 is 11.5 Å². The Morgan fingerprint density at radius 3 is 2.85 bits per heavy atom. The number of carbonyl (C=O) groups excluding carboxylic acids is 1. The zero-order valence-electron chi connectivity index (χ0n) is 11.0. The molecular weight excluding hydrogens is 254 g/mol. The summed E-state index contributed by atoms with van der Waals surface area (Å²) < 4.78 is 6.74. The van der Waals surface area contributed by atoms with Crippen LogP contribution >= 0.6 is 0 Å². The molecule has 20 heavy (non-hydrogen) atoms. The van der Waals surface area contributed by atoms with E-state index in [1.165, 1.54) is 0 Å². The molecule has 0 aliphatic carbocycles. The van der Waals surface area contributed by atoms with Crippen LogP contribution in [0.25, 0.3) is 16.8 Å². The number of esters is 1. The molecule has 0 radical (unpaired) electrons. The Balaban J connectivity index is 2.26. The minimum atomic E-state index is -0.433. The molecule has 0 spiro atoms. The zero-order chi connectivity index (χ0) is 13.9. The molecule has 100 valence electrons. The largest absolute Gasteiger partial charge is 0.461 e. The normalized spacial score (nSPS) is 10.7. The number of carbonyl (C=O) groups is 1. The highest BCUT2D eigenvalue weighted by molar-refractivity contribution is 5.99. The number of pyridine rings is 2. The lowest BCUT2D eigenvalue weighted by molar-refractivity contribution is 0.0520. The molecule has 0 saturated heterocycles. The van der Waals surface area contributed by atoms with Crippen LogP contribution in [0.1, 0.15) is 17.4 Å². The summed E-state index contributed by atoms with van der Waals surface area (Å²) in [6.45, 7) is 2.09. The topological polar surface area (TPSA) is 56.5 Å². The Morgan fingerprint density at radius 1 is 1.25 bits per heavy atom. The Labute approximate surface area is 115 Å². The molecule has 3 heterocycles. The highest BCUT2D eigenvalue weighted by Crippen LogP contribution is 2.27. The molecule has 0 aromatic carbocycles. The highest BCUT2D eigenvalue weighted by Gasteiger charge is 2.22. The van der Waals surface area contributed by atoms with Crippen LogP contribution in [-0.4, -0.2) is 27.2 Å². The van der Waals surface area contributed by atoms with Crippen LogP contribution in [0, 0.1) is 0 Å². The van der Waals surface area contributed by atoms with Crippen molar-refractivity contribution in [3.05, 3.63) is 54.5 Å². The standard InChI is InChI=1S/C15H13N3O2/c1-2-20-15(19)14-13(11-7-3-5-9-16-11)12-8-4-6-10-18(12)17-14/h3-10H,2H2,1H3. The van der Waals surface area contributed by atoms with Gasteiger partial charge in [-0.3, -0.25) is 4.98 Å². The van der Waals surface area contributed by atoms with Crippen molar-refractivity contribution in [2.75, 3.05) is 6.61 Å². The predicted molar refractivity (Wildman–Crippen MR) is 74.4 cm³/mol. The number of hydrogen-bond donors (Lipinski definition) is 0. The average molecular weight is 267 g/mol. The fourth-order valence-electron chi connectivity index (χ4n) is 2.10. The third-order valence-corrected chi connectivity index (χ3v) is 2.93. The molecule has 0 aliphatic rings. The highest BCUT2D eigenvalue weighted by atomic mass is 16.5. The zero-order valence-corrected chi connectivity index (χ0v) is 11.0. The molecule has 0 bridgehead atoms. The van der Waals surface area contributed by atoms with E-state index in [-0.39, 0.29) is 5.69 Å². The summed E-state index contributed by atoms with van der Waals surface area (Å²) in [5.41, 5.74) is 2.52. The van der Waals surface area contributed by atoms with E-state index >= 15 is 0 Å². The maximum atomic E-state index is 12.1. The first-order chi connectivity index (χ1) is 9.81. The maximum Gasteiger partial charge on any atom is 0.359 e. The van der Waals surface area contributed by atoms with Gasteiger partial charge in [-0.15, -0.1) is 0 Å². The molecule has 0 aliphatic heterocycles. The maximum absolute atomic E-state index is 12.1. The van der Waals surface area contributed by atoms with Crippen molar-refractivity contribution in [2.24, 2.45) is 0 Å². The van der Waals surface area contributed by atoms with Crippen LogP contribution < -0.4 is 0 Å². The first-order valence-corrected chi connectivity index (χ1v) is 6.37.